The van der Waals surface area contributed by atoms with Gasteiger partial charge in [0.25, 0.3) is 0 Å². The van der Waals surface area contributed by atoms with Crippen LogP contribution in [0.5, 0.6) is 0 Å². The van der Waals surface area contributed by atoms with Crippen LogP contribution < -0.4 is 0 Å². The Balaban J connectivity index is 2.70. The molecular weight excluding hydrogens is 210 g/mol. The van der Waals surface area contributed by atoms with E-state index < -0.39 is 5.92 Å². The van der Waals surface area contributed by atoms with Crippen molar-refractivity contribution < 1.29 is 14.3 Å². The van der Waals surface area contributed by atoms with Crippen molar-refractivity contribution in [3.8, 4) is 0 Å². The van der Waals surface area contributed by atoms with Crippen molar-refractivity contribution in [2.24, 2.45) is 0 Å². The summed E-state index contributed by atoms with van der Waals surface area (Å²) in [6.45, 7) is 5.09. The van der Waals surface area contributed by atoms with E-state index in [1.807, 2.05) is 0 Å². The lowest BCUT2D eigenvalue weighted by atomic mass is 10.1. The first-order valence-corrected chi connectivity index (χ1v) is 5.24. The predicted octanol–water partition coefficient (Wildman–Crippen LogP) is 0.591. The minimum Gasteiger partial charge on any atom is -0.465 e. The smallest absolute Gasteiger partial charge is 0.316 e. The molecule has 0 aliphatic rings. The molecule has 1 rings (SSSR count). The van der Waals surface area contributed by atoms with E-state index in [-0.39, 0.29) is 5.97 Å². The van der Waals surface area contributed by atoms with Gasteiger partial charge in [-0.3, -0.25) is 4.79 Å². The zero-order valence-corrected chi connectivity index (χ0v) is 9.84. The van der Waals surface area contributed by atoms with Crippen LogP contribution in [-0.2, 0) is 20.8 Å². The van der Waals surface area contributed by atoms with Crippen LogP contribution in [0.25, 0.3) is 0 Å². The SMILES string of the molecule is CCOC(=O)C(C)c1nncn1CCOC. The molecule has 1 heterocycles. The molecule has 90 valence electrons. The van der Waals surface area contributed by atoms with E-state index in [0.717, 1.165) is 0 Å². The maximum Gasteiger partial charge on any atom is 0.316 e. The average Bonchev–Trinajstić information content (AvgIpc) is 2.73. The van der Waals surface area contributed by atoms with Gasteiger partial charge in [0.15, 0.2) is 0 Å². The molecule has 0 radical (unpaired) electrons. The Kier molecular flexibility index (Phi) is 4.91. The lowest BCUT2D eigenvalue weighted by molar-refractivity contribution is -0.144. The van der Waals surface area contributed by atoms with Crippen LogP contribution in [0.4, 0.5) is 0 Å². The van der Waals surface area contributed by atoms with Crippen molar-refractivity contribution in [1.82, 2.24) is 14.8 Å². The molecule has 0 aliphatic carbocycles. The summed E-state index contributed by atoms with van der Waals surface area (Å²) in [7, 11) is 1.62. The van der Waals surface area contributed by atoms with Gasteiger partial charge in [-0.1, -0.05) is 0 Å². The number of carbonyl (C=O) groups excluding carboxylic acids is 1. The minimum absolute atomic E-state index is 0.283. The zero-order valence-electron chi connectivity index (χ0n) is 9.84. The molecule has 16 heavy (non-hydrogen) atoms. The predicted molar refractivity (Wildman–Crippen MR) is 56.9 cm³/mol. The number of hydrogen-bond donors (Lipinski definition) is 0. The first-order chi connectivity index (χ1) is 7.70. The van der Waals surface area contributed by atoms with Gasteiger partial charge in [-0.05, 0) is 13.8 Å². The summed E-state index contributed by atoms with van der Waals surface area (Å²) in [6.07, 6.45) is 1.59. The fourth-order valence-corrected chi connectivity index (χ4v) is 1.33. The Bertz CT molecular complexity index is 338. The average molecular weight is 227 g/mol. The summed E-state index contributed by atoms with van der Waals surface area (Å²) in [5, 5.41) is 7.72. The summed E-state index contributed by atoms with van der Waals surface area (Å²) >= 11 is 0. The summed E-state index contributed by atoms with van der Waals surface area (Å²) < 4.78 is 11.7. The molecule has 0 aliphatic heterocycles. The fourth-order valence-electron chi connectivity index (χ4n) is 1.33. The van der Waals surface area contributed by atoms with Gasteiger partial charge in [-0.15, -0.1) is 10.2 Å². The number of methoxy groups -OCH3 is 1. The molecule has 0 fully saturated rings. The highest BCUT2D eigenvalue weighted by molar-refractivity contribution is 5.76. The Labute approximate surface area is 94.6 Å². The highest BCUT2D eigenvalue weighted by Crippen LogP contribution is 2.13. The molecule has 0 aromatic carbocycles. The van der Waals surface area contributed by atoms with E-state index in [4.69, 9.17) is 9.47 Å². The number of nitrogens with zero attached hydrogens (tertiary/aromatic N) is 3. The second kappa shape index (κ2) is 6.22. The molecule has 6 heteroatoms. The third-order valence-electron chi connectivity index (χ3n) is 2.21. The van der Waals surface area contributed by atoms with Gasteiger partial charge in [-0.2, -0.15) is 0 Å². The fraction of sp³-hybridized carbons (Fsp3) is 0.700. The normalized spacial score (nSPS) is 12.4. The van der Waals surface area contributed by atoms with Crippen molar-refractivity contribution in [3.05, 3.63) is 12.2 Å². The lowest BCUT2D eigenvalue weighted by Gasteiger charge is -2.11. The molecule has 1 aromatic heterocycles. The van der Waals surface area contributed by atoms with Crippen molar-refractivity contribution >= 4 is 5.97 Å². The van der Waals surface area contributed by atoms with Gasteiger partial charge in [0, 0.05) is 13.7 Å². The third-order valence-corrected chi connectivity index (χ3v) is 2.21. The van der Waals surface area contributed by atoms with Crippen LogP contribution in [0, 0.1) is 0 Å². The van der Waals surface area contributed by atoms with Crippen LogP contribution >= 0.6 is 0 Å². The first kappa shape index (κ1) is 12.6. The Morgan fingerprint density at radius 3 is 3.00 bits per heavy atom. The summed E-state index contributed by atoms with van der Waals surface area (Å²) in [5.74, 6) is -0.0797. The second-order valence-corrected chi connectivity index (χ2v) is 3.35. The van der Waals surface area contributed by atoms with Gasteiger partial charge >= 0.3 is 5.97 Å². The second-order valence-electron chi connectivity index (χ2n) is 3.35. The lowest BCUT2D eigenvalue weighted by Crippen LogP contribution is -2.18. The van der Waals surface area contributed by atoms with Gasteiger partial charge < -0.3 is 14.0 Å². The standard InChI is InChI=1S/C10H17N3O3/c1-4-16-10(14)8(2)9-12-11-7-13(9)5-6-15-3/h7-8H,4-6H2,1-3H3. The van der Waals surface area contributed by atoms with Gasteiger partial charge in [0.05, 0.1) is 13.2 Å². The highest BCUT2D eigenvalue weighted by atomic mass is 16.5. The van der Waals surface area contributed by atoms with Crippen LogP contribution in [0.15, 0.2) is 6.33 Å². The Morgan fingerprint density at radius 1 is 1.62 bits per heavy atom. The minimum atomic E-state index is -0.403. The number of rotatable bonds is 6. The molecule has 1 aromatic rings. The molecule has 0 bridgehead atoms. The van der Waals surface area contributed by atoms with E-state index in [9.17, 15) is 4.79 Å². The molecule has 0 spiro atoms. The molecule has 0 saturated heterocycles. The molecule has 1 unspecified atom stereocenters. The van der Waals surface area contributed by atoms with Crippen molar-refractivity contribution in [2.45, 2.75) is 26.3 Å². The van der Waals surface area contributed by atoms with Crippen LogP contribution in [-0.4, -0.2) is 41.1 Å². The highest BCUT2D eigenvalue weighted by Gasteiger charge is 2.21. The topological polar surface area (TPSA) is 66.2 Å². The molecule has 1 atom stereocenters. The Hall–Kier alpha value is -1.43. The molecule has 0 N–H and O–H groups in total. The first-order valence-electron chi connectivity index (χ1n) is 5.24. The van der Waals surface area contributed by atoms with E-state index >= 15 is 0 Å². The largest absolute Gasteiger partial charge is 0.465 e. The number of hydrogen-bond acceptors (Lipinski definition) is 5. The van der Waals surface area contributed by atoms with Crippen LogP contribution in [0.1, 0.15) is 25.6 Å². The van der Waals surface area contributed by atoms with Crippen molar-refractivity contribution in [2.75, 3.05) is 20.3 Å². The molecule has 0 saturated carbocycles. The molecule has 6 nitrogen and oxygen atoms in total. The maximum absolute atomic E-state index is 11.5. The van der Waals surface area contributed by atoms with Crippen LogP contribution in [0.3, 0.4) is 0 Å². The van der Waals surface area contributed by atoms with Gasteiger partial charge in [0.1, 0.15) is 18.1 Å². The molecule has 0 amide bonds. The number of esters is 1. The number of aromatic nitrogens is 3. The van der Waals surface area contributed by atoms with Crippen molar-refractivity contribution in [3.63, 3.8) is 0 Å². The number of ether oxygens (including phenoxy) is 2. The Morgan fingerprint density at radius 2 is 2.38 bits per heavy atom. The third kappa shape index (κ3) is 3.03. The van der Waals surface area contributed by atoms with E-state index in [1.54, 1.807) is 31.9 Å². The quantitative estimate of drug-likeness (QED) is 0.665. The van der Waals surface area contributed by atoms with E-state index in [2.05, 4.69) is 10.2 Å². The maximum atomic E-state index is 11.5. The number of carbonyl (C=O) groups is 1. The molecular formula is C10H17N3O3. The van der Waals surface area contributed by atoms with Gasteiger partial charge in [0.2, 0.25) is 0 Å². The van der Waals surface area contributed by atoms with Crippen molar-refractivity contribution in [1.29, 1.82) is 0 Å². The van der Waals surface area contributed by atoms with Gasteiger partial charge in [-0.25, -0.2) is 0 Å². The van der Waals surface area contributed by atoms with Crippen LogP contribution in [0.2, 0.25) is 0 Å². The summed E-state index contributed by atoms with van der Waals surface area (Å²) in [4.78, 5) is 11.5. The monoisotopic (exact) mass is 227 g/mol. The van der Waals surface area contributed by atoms with E-state index in [1.165, 1.54) is 0 Å². The zero-order chi connectivity index (χ0) is 12.0. The summed E-state index contributed by atoms with van der Waals surface area (Å²) in [6, 6.07) is 0. The van der Waals surface area contributed by atoms with E-state index in [0.29, 0.717) is 25.6 Å². The summed E-state index contributed by atoms with van der Waals surface area (Å²) in [5.41, 5.74) is 0.